The summed E-state index contributed by atoms with van der Waals surface area (Å²) in [5.74, 6) is 0. The van der Waals surface area contributed by atoms with Gasteiger partial charge in [0, 0.05) is 16.6 Å². The van der Waals surface area contributed by atoms with E-state index >= 15 is 0 Å². The van der Waals surface area contributed by atoms with Crippen molar-refractivity contribution in [2.24, 2.45) is 0 Å². The molecule has 1 aliphatic rings. The van der Waals surface area contributed by atoms with Gasteiger partial charge in [0.1, 0.15) is 0 Å². The molecule has 1 aromatic heterocycles. The molecule has 0 radical (unpaired) electrons. The summed E-state index contributed by atoms with van der Waals surface area (Å²) in [6, 6.07) is 17.6. The van der Waals surface area contributed by atoms with Crippen LogP contribution in [0, 0.1) is 6.92 Å². The molecule has 0 bridgehead atoms. The van der Waals surface area contributed by atoms with Crippen LogP contribution in [0.4, 0.5) is 0 Å². The second kappa shape index (κ2) is 6.82. The Hall–Kier alpha value is -2.06. The molecule has 0 amide bonds. The highest BCUT2D eigenvalue weighted by molar-refractivity contribution is 5.85. The average molecular weight is 319 g/mol. The largest absolute Gasteiger partial charge is 0.374 e. The number of H-pyrrole nitrogens is 1. The zero-order chi connectivity index (χ0) is 16.4. The standard InChI is InChI=1S/C22H25NO/c1-16-12-20-14-19(10-11-22(20)23-16)18-7-5-6-17(13-18)15-24-21-8-3-2-4-9-21/h5-7,10-14,21,23H,2-4,8-9,15H2,1H3. The summed E-state index contributed by atoms with van der Waals surface area (Å²) >= 11 is 0. The fourth-order valence-electron chi connectivity index (χ4n) is 3.74. The third-order valence-corrected chi connectivity index (χ3v) is 5.05. The number of nitrogens with one attached hydrogen (secondary N) is 1. The van der Waals surface area contributed by atoms with Crippen LogP contribution in [0.3, 0.4) is 0 Å². The van der Waals surface area contributed by atoms with Gasteiger partial charge in [0.2, 0.25) is 0 Å². The number of ether oxygens (including phenoxy) is 1. The zero-order valence-electron chi connectivity index (χ0n) is 14.3. The second-order valence-electron chi connectivity index (χ2n) is 7.03. The van der Waals surface area contributed by atoms with E-state index in [0.717, 1.165) is 6.61 Å². The van der Waals surface area contributed by atoms with Gasteiger partial charge in [-0.05, 0) is 60.7 Å². The van der Waals surface area contributed by atoms with Crippen molar-refractivity contribution in [2.45, 2.75) is 51.7 Å². The Balaban J connectivity index is 1.52. The van der Waals surface area contributed by atoms with Gasteiger partial charge in [0.05, 0.1) is 12.7 Å². The molecule has 3 aromatic rings. The third kappa shape index (κ3) is 3.39. The first kappa shape index (κ1) is 15.5. The molecule has 2 aromatic carbocycles. The number of aromatic amines is 1. The van der Waals surface area contributed by atoms with Crippen molar-refractivity contribution >= 4 is 10.9 Å². The van der Waals surface area contributed by atoms with E-state index in [1.807, 2.05) is 0 Å². The maximum absolute atomic E-state index is 6.13. The van der Waals surface area contributed by atoms with Crippen LogP contribution in [0.1, 0.15) is 43.4 Å². The lowest BCUT2D eigenvalue weighted by Crippen LogP contribution is -2.16. The van der Waals surface area contributed by atoms with Crippen LogP contribution < -0.4 is 0 Å². The number of aryl methyl sites for hydroxylation is 1. The van der Waals surface area contributed by atoms with Crippen LogP contribution >= 0.6 is 0 Å². The molecule has 24 heavy (non-hydrogen) atoms. The van der Waals surface area contributed by atoms with Gasteiger partial charge in [-0.25, -0.2) is 0 Å². The molecule has 0 saturated heterocycles. The van der Waals surface area contributed by atoms with Crippen molar-refractivity contribution in [1.29, 1.82) is 0 Å². The van der Waals surface area contributed by atoms with Gasteiger partial charge in [-0.2, -0.15) is 0 Å². The van der Waals surface area contributed by atoms with E-state index in [1.165, 1.54) is 65.4 Å². The molecule has 2 nitrogen and oxygen atoms in total. The van der Waals surface area contributed by atoms with Crippen LogP contribution in [0.25, 0.3) is 22.0 Å². The van der Waals surface area contributed by atoms with E-state index in [2.05, 4.69) is 60.4 Å². The zero-order valence-corrected chi connectivity index (χ0v) is 14.3. The van der Waals surface area contributed by atoms with E-state index in [1.54, 1.807) is 0 Å². The van der Waals surface area contributed by atoms with Gasteiger partial charge in [-0.15, -0.1) is 0 Å². The van der Waals surface area contributed by atoms with Crippen LogP contribution in [0.2, 0.25) is 0 Å². The molecule has 0 atom stereocenters. The molecule has 1 saturated carbocycles. The summed E-state index contributed by atoms with van der Waals surface area (Å²) < 4.78 is 6.13. The molecule has 0 unspecified atom stereocenters. The van der Waals surface area contributed by atoms with Crippen molar-refractivity contribution in [3.05, 3.63) is 59.8 Å². The molecule has 4 rings (SSSR count). The summed E-state index contributed by atoms with van der Waals surface area (Å²) in [5, 5.41) is 1.27. The number of hydrogen-bond donors (Lipinski definition) is 1. The second-order valence-corrected chi connectivity index (χ2v) is 7.03. The van der Waals surface area contributed by atoms with Crippen LogP contribution in [-0.2, 0) is 11.3 Å². The smallest absolute Gasteiger partial charge is 0.0720 e. The molecule has 1 heterocycles. The van der Waals surface area contributed by atoms with Gasteiger partial charge >= 0.3 is 0 Å². The van der Waals surface area contributed by atoms with E-state index in [9.17, 15) is 0 Å². The van der Waals surface area contributed by atoms with Crippen molar-refractivity contribution in [3.63, 3.8) is 0 Å². The first-order chi connectivity index (χ1) is 11.8. The minimum absolute atomic E-state index is 0.460. The highest BCUT2D eigenvalue weighted by atomic mass is 16.5. The molecular formula is C22H25NO. The molecule has 1 aliphatic carbocycles. The molecule has 1 N–H and O–H groups in total. The normalized spacial score (nSPS) is 15.9. The summed E-state index contributed by atoms with van der Waals surface area (Å²) in [5.41, 5.74) is 6.20. The Kier molecular flexibility index (Phi) is 4.40. The maximum Gasteiger partial charge on any atom is 0.0720 e. The van der Waals surface area contributed by atoms with Crippen LogP contribution in [0.5, 0.6) is 0 Å². The van der Waals surface area contributed by atoms with Gasteiger partial charge in [0.25, 0.3) is 0 Å². The van der Waals surface area contributed by atoms with Crippen LogP contribution in [0.15, 0.2) is 48.5 Å². The first-order valence-electron chi connectivity index (χ1n) is 9.08. The van der Waals surface area contributed by atoms with Crippen molar-refractivity contribution in [2.75, 3.05) is 0 Å². The van der Waals surface area contributed by atoms with E-state index in [0.29, 0.717) is 6.10 Å². The Labute approximate surface area is 143 Å². The average Bonchev–Trinajstić information content (AvgIpc) is 3.00. The quantitative estimate of drug-likeness (QED) is 0.627. The molecule has 0 spiro atoms. The number of rotatable bonds is 4. The number of fused-ring (bicyclic) bond motifs is 1. The predicted molar refractivity (Wildman–Crippen MR) is 100 cm³/mol. The summed E-state index contributed by atoms with van der Waals surface area (Å²) in [7, 11) is 0. The Morgan fingerprint density at radius 2 is 1.79 bits per heavy atom. The monoisotopic (exact) mass is 319 g/mol. The van der Waals surface area contributed by atoms with Gasteiger partial charge in [-0.1, -0.05) is 43.5 Å². The van der Waals surface area contributed by atoms with E-state index < -0.39 is 0 Å². The van der Waals surface area contributed by atoms with E-state index in [4.69, 9.17) is 4.74 Å². The number of hydrogen-bond acceptors (Lipinski definition) is 1. The minimum atomic E-state index is 0.460. The van der Waals surface area contributed by atoms with Crippen LogP contribution in [-0.4, -0.2) is 11.1 Å². The topological polar surface area (TPSA) is 25.0 Å². The Bertz CT molecular complexity index is 827. The minimum Gasteiger partial charge on any atom is -0.374 e. The molecular weight excluding hydrogens is 294 g/mol. The third-order valence-electron chi connectivity index (χ3n) is 5.05. The fourth-order valence-corrected chi connectivity index (χ4v) is 3.74. The lowest BCUT2D eigenvalue weighted by atomic mass is 9.97. The van der Waals surface area contributed by atoms with Crippen molar-refractivity contribution in [1.82, 2.24) is 4.98 Å². The van der Waals surface area contributed by atoms with E-state index in [-0.39, 0.29) is 0 Å². The molecule has 124 valence electrons. The predicted octanol–water partition coefficient (Wildman–Crippen LogP) is 5.99. The Morgan fingerprint density at radius 3 is 2.67 bits per heavy atom. The maximum atomic E-state index is 6.13. The molecule has 2 heteroatoms. The van der Waals surface area contributed by atoms with Gasteiger partial charge in [-0.3, -0.25) is 0 Å². The molecule has 1 fully saturated rings. The lowest BCUT2D eigenvalue weighted by Gasteiger charge is -2.22. The van der Waals surface area contributed by atoms with Crippen molar-refractivity contribution < 1.29 is 4.74 Å². The highest BCUT2D eigenvalue weighted by Gasteiger charge is 2.13. The van der Waals surface area contributed by atoms with Gasteiger partial charge in [0.15, 0.2) is 0 Å². The Morgan fingerprint density at radius 1 is 0.958 bits per heavy atom. The summed E-state index contributed by atoms with van der Waals surface area (Å²) in [6.45, 7) is 2.83. The molecule has 0 aliphatic heterocycles. The summed E-state index contributed by atoms with van der Waals surface area (Å²) in [6.07, 6.45) is 6.92. The number of aromatic nitrogens is 1. The van der Waals surface area contributed by atoms with Gasteiger partial charge < -0.3 is 9.72 Å². The highest BCUT2D eigenvalue weighted by Crippen LogP contribution is 2.26. The van der Waals surface area contributed by atoms with Crippen molar-refractivity contribution in [3.8, 4) is 11.1 Å². The SMILES string of the molecule is Cc1cc2cc(-c3cccc(COC4CCCCC4)c3)ccc2[nH]1. The summed E-state index contributed by atoms with van der Waals surface area (Å²) in [4.78, 5) is 3.39. The lowest BCUT2D eigenvalue weighted by molar-refractivity contribution is 0.0169. The fraction of sp³-hybridized carbons (Fsp3) is 0.364. The number of benzene rings is 2. The first-order valence-corrected chi connectivity index (χ1v) is 9.08.